The second-order valence-corrected chi connectivity index (χ2v) is 14.4. The molecular weight excluding hydrogens is 625 g/mol. The van der Waals surface area contributed by atoms with Gasteiger partial charge in [0, 0.05) is 0 Å². The van der Waals surface area contributed by atoms with Crippen LogP contribution in [0.15, 0.2) is 182 Å². The number of hydrogen-bond donors (Lipinski definition) is 0. The van der Waals surface area contributed by atoms with Crippen LogP contribution in [0.1, 0.15) is 0 Å². The van der Waals surface area contributed by atoms with Crippen molar-refractivity contribution in [2.24, 2.45) is 0 Å². The van der Waals surface area contributed by atoms with Crippen molar-refractivity contribution in [2.45, 2.75) is 0 Å². The highest BCUT2D eigenvalue weighted by Gasteiger charge is 2.18. The van der Waals surface area contributed by atoms with E-state index < -0.39 is 0 Å². The molecule has 12 rings (SSSR count). The average molecular weight is 655 g/mol. The molecule has 0 unspecified atom stereocenters. The lowest BCUT2D eigenvalue weighted by atomic mass is 9.85. The maximum atomic E-state index is 2.36. The van der Waals surface area contributed by atoms with Gasteiger partial charge in [-0.3, -0.25) is 0 Å². The summed E-state index contributed by atoms with van der Waals surface area (Å²) in [7, 11) is 0. The number of benzene rings is 12. The molecule has 0 fully saturated rings. The van der Waals surface area contributed by atoms with Gasteiger partial charge in [0.05, 0.1) is 0 Å². The van der Waals surface area contributed by atoms with Crippen molar-refractivity contribution in [3.05, 3.63) is 182 Å². The largest absolute Gasteiger partial charge is 0.0616 e. The maximum Gasteiger partial charge on any atom is -0.00203 e. The smallest absolute Gasteiger partial charge is 0.00203 e. The van der Waals surface area contributed by atoms with E-state index in [1.54, 1.807) is 0 Å². The van der Waals surface area contributed by atoms with Crippen LogP contribution in [0.2, 0.25) is 0 Å². The second-order valence-electron chi connectivity index (χ2n) is 14.4. The van der Waals surface area contributed by atoms with Crippen LogP contribution in [0, 0.1) is 0 Å². The van der Waals surface area contributed by atoms with Gasteiger partial charge in [-0.2, -0.15) is 0 Å². The maximum absolute atomic E-state index is 2.36. The van der Waals surface area contributed by atoms with Crippen LogP contribution >= 0.6 is 0 Å². The van der Waals surface area contributed by atoms with Crippen molar-refractivity contribution in [3.63, 3.8) is 0 Å². The predicted molar refractivity (Wildman–Crippen MR) is 226 cm³/mol. The standard InChI is InChI=1S/C52H30/c1-3-9-35-29-49-37(27-33(35)7-1)19-23-43-39(11-5-13-41(43)49)45-21-15-31-18-26-48-46(22-16-32-17-25-47(45)51(31)52(32)48)40-12-6-14-42-44(40)24-20-38-28-34-8-2-4-10-36(34)30-50(38)42/h1-30H. The summed E-state index contributed by atoms with van der Waals surface area (Å²) < 4.78 is 0. The highest BCUT2D eigenvalue weighted by Crippen LogP contribution is 2.45. The molecule has 52 heavy (non-hydrogen) atoms. The molecular formula is C52H30. The van der Waals surface area contributed by atoms with E-state index in [9.17, 15) is 0 Å². The third-order valence-corrected chi connectivity index (χ3v) is 11.7. The molecule has 12 aromatic rings. The van der Waals surface area contributed by atoms with Gasteiger partial charge in [-0.05, 0) is 143 Å². The Kier molecular flexibility index (Phi) is 5.59. The number of hydrogen-bond acceptors (Lipinski definition) is 0. The highest BCUT2D eigenvalue weighted by molar-refractivity contribution is 6.29. The fourth-order valence-corrected chi connectivity index (χ4v) is 9.30. The first-order chi connectivity index (χ1) is 25.8. The lowest BCUT2D eigenvalue weighted by Gasteiger charge is -2.18. The van der Waals surface area contributed by atoms with E-state index in [4.69, 9.17) is 0 Å². The quantitative estimate of drug-likeness (QED) is 0.129. The normalized spacial score (nSPS) is 12.2. The van der Waals surface area contributed by atoms with Crippen molar-refractivity contribution in [3.8, 4) is 22.3 Å². The number of fused-ring (bicyclic) bond motifs is 8. The van der Waals surface area contributed by atoms with Gasteiger partial charge in [0.15, 0.2) is 0 Å². The Bertz CT molecular complexity index is 3220. The molecule has 0 aliphatic rings. The molecule has 0 saturated carbocycles. The SMILES string of the molecule is c1ccc2cc3c(ccc4c(-c5ccc6ccc7c(-c8cccc9c8ccc8cc%10ccccc%10cc89)ccc8ccc5c6c87)cccc43)cc2c1. The minimum Gasteiger partial charge on any atom is -0.0616 e. The zero-order chi connectivity index (χ0) is 33.9. The zero-order valence-corrected chi connectivity index (χ0v) is 28.3. The summed E-state index contributed by atoms with van der Waals surface area (Å²) >= 11 is 0. The molecule has 0 atom stereocenters. The summed E-state index contributed by atoms with van der Waals surface area (Å²) in [5.41, 5.74) is 5.11. The minimum atomic E-state index is 1.28. The van der Waals surface area contributed by atoms with E-state index in [2.05, 4.69) is 182 Å². The summed E-state index contributed by atoms with van der Waals surface area (Å²) in [6.07, 6.45) is 0. The summed E-state index contributed by atoms with van der Waals surface area (Å²) in [5, 5.41) is 23.3. The van der Waals surface area contributed by atoms with Crippen molar-refractivity contribution in [1.29, 1.82) is 0 Å². The van der Waals surface area contributed by atoms with Gasteiger partial charge in [-0.25, -0.2) is 0 Å². The van der Waals surface area contributed by atoms with Gasteiger partial charge >= 0.3 is 0 Å². The second kappa shape index (κ2) is 10.4. The van der Waals surface area contributed by atoms with Crippen LogP contribution in [-0.2, 0) is 0 Å². The van der Waals surface area contributed by atoms with Crippen LogP contribution < -0.4 is 0 Å². The van der Waals surface area contributed by atoms with E-state index in [0.717, 1.165) is 0 Å². The van der Waals surface area contributed by atoms with Crippen molar-refractivity contribution in [1.82, 2.24) is 0 Å². The molecule has 0 heterocycles. The Hall–Kier alpha value is -6.76. The Morgan fingerprint density at radius 1 is 0.173 bits per heavy atom. The molecule has 0 amide bonds. The van der Waals surface area contributed by atoms with Crippen LogP contribution in [0.3, 0.4) is 0 Å². The van der Waals surface area contributed by atoms with Gasteiger partial charge in [0.2, 0.25) is 0 Å². The Balaban J connectivity index is 1.10. The molecule has 0 radical (unpaired) electrons. The summed E-state index contributed by atoms with van der Waals surface area (Å²) in [5.74, 6) is 0. The molecule has 0 N–H and O–H groups in total. The monoisotopic (exact) mass is 654 g/mol. The van der Waals surface area contributed by atoms with E-state index >= 15 is 0 Å². The lowest BCUT2D eigenvalue weighted by Crippen LogP contribution is -1.91. The molecule has 238 valence electrons. The summed E-state index contributed by atoms with van der Waals surface area (Å²) in [4.78, 5) is 0. The third-order valence-electron chi connectivity index (χ3n) is 11.7. The van der Waals surface area contributed by atoms with Crippen LogP contribution in [0.4, 0.5) is 0 Å². The van der Waals surface area contributed by atoms with Crippen LogP contribution in [0.25, 0.3) is 119 Å². The molecule has 0 heteroatoms. The number of rotatable bonds is 2. The Morgan fingerprint density at radius 2 is 0.538 bits per heavy atom. The van der Waals surface area contributed by atoms with Crippen LogP contribution in [-0.4, -0.2) is 0 Å². The van der Waals surface area contributed by atoms with Crippen molar-refractivity contribution < 1.29 is 0 Å². The average Bonchev–Trinajstić information content (AvgIpc) is 3.20. The first-order valence-electron chi connectivity index (χ1n) is 18.2. The minimum absolute atomic E-state index is 1.28. The summed E-state index contributed by atoms with van der Waals surface area (Å²) in [6.45, 7) is 0. The lowest BCUT2D eigenvalue weighted by molar-refractivity contribution is 1.70. The van der Waals surface area contributed by atoms with Crippen LogP contribution in [0.5, 0.6) is 0 Å². The van der Waals surface area contributed by atoms with Gasteiger partial charge in [-0.1, -0.05) is 158 Å². The Labute approximate surface area is 300 Å². The van der Waals surface area contributed by atoms with E-state index in [0.29, 0.717) is 0 Å². The molecule has 0 aliphatic carbocycles. The predicted octanol–water partition coefficient (Wildman–Crippen LogP) is 14.8. The van der Waals surface area contributed by atoms with E-state index in [1.165, 1.54) is 119 Å². The fourth-order valence-electron chi connectivity index (χ4n) is 9.30. The van der Waals surface area contributed by atoms with Gasteiger partial charge in [-0.15, -0.1) is 0 Å². The van der Waals surface area contributed by atoms with Gasteiger partial charge in [0.1, 0.15) is 0 Å². The molecule has 0 saturated heterocycles. The van der Waals surface area contributed by atoms with E-state index in [-0.39, 0.29) is 0 Å². The molecule has 0 nitrogen and oxygen atoms in total. The molecule has 0 spiro atoms. The molecule has 12 aromatic carbocycles. The molecule has 0 bridgehead atoms. The van der Waals surface area contributed by atoms with Crippen molar-refractivity contribution in [2.75, 3.05) is 0 Å². The van der Waals surface area contributed by atoms with E-state index in [1.807, 2.05) is 0 Å². The highest BCUT2D eigenvalue weighted by atomic mass is 14.2. The first kappa shape index (κ1) is 28.0. The first-order valence-corrected chi connectivity index (χ1v) is 18.2. The fraction of sp³-hybridized carbons (Fsp3) is 0. The Morgan fingerprint density at radius 3 is 1.00 bits per heavy atom. The van der Waals surface area contributed by atoms with Crippen molar-refractivity contribution >= 4 is 97.0 Å². The summed E-state index contributed by atoms with van der Waals surface area (Å²) in [6, 6.07) is 68.3. The topological polar surface area (TPSA) is 0 Å². The zero-order valence-electron chi connectivity index (χ0n) is 28.3. The molecule has 0 aliphatic heterocycles. The third kappa shape index (κ3) is 3.87. The van der Waals surface area contributed by atoms with Gasteiger partial charge < -0.3 is 0 Å². The molecule has 0 aromatic heterocycles. The van der Waals surface area contributed by atoms with Gasteiger partial charge in [0.25, 0.3) is 0 Å².